The van der Waals surface area contributed by atoms with E-state index in [0.717, 1.165) is 44.0 Å². The van der Waals surface area contributed by atoms with Crippen LogP contribution < -0.4 is 5.32 Å². The Bertz CT molecular complexity index is 1330. The molecule has 1 unspecified atom stereocenters. The molecule has 9 nitrogen and oxygen atoms in total. The van der Waals surface area contributed by atoms with E-state index < -0.39 is 17.3 Å². The van der Waals surface area contributed by atoms with E-state index in [2.05, 4.69) is 10.3 Å². The van der Waals surface area contributed by atoms with E-state index in [1.807, 2.05) is 30.3 Å². The molecule has 1 atom stereocenters. The maximum absolute atomic E-state index is 13.0. The summed E-state index contributed by atoms with van der Waals surface area (Å²) >= 11 is 0. The lowest BCUT2D eigenvalue weighted by Gasteiger charge is -2.36. The Morgan fingerprint density at radius 3 is 2.38 bits per heavy atom. The maximum Gasteiger partial charge on any atom is 0.410 e. The van der Waals surface area contributed by atoms with Gasteiger partial charge in [-0.15, -0.1) is 0 Å². The van der Waals surface area contributed by atoms with Crippen molar-refractivity contribution < 1.29 is 28.6 Å². The van der Waals surface area contributed by atoms with Crippen LogP contribution in [0.25, 0.3) is 0 Å². The molecule has 9 heteroatoms. The number of rotatable bonds is 11. The van der Waals surface area contributed by atoms with Gasteiger partial charge in [0.15, 0.2) is 5.60 Å². The Morgan fingerprint density at radius 2 is 1.74 bits per heavy atom. The summed E-state index contributed by atoms with van der Waals surface area (Å²) < 4.78 is 11.8. The third-order valence-corrected chi connectivity index (χ3v) is 7.51. The highest BCUT2D eigenvalue weighted by Crippen LogP contribution is 2.43. The molecule has 0 radical (unpaired) electrons. The summed E-state index contributed by atoms with van der Waals surface area (Å²) in [5, 5.41) is 14.9. The molecular formula is C33H41N3O6. The lowest BCUT2D eigenvalue weighted by Crippen LogP contribution is -2.39. The number of hydrogen-bond donors (Lipinski definition) is 2. The van der Waals surface area contributed by atoms with Crippen molar-refractivity contribution in [1.29, 1.82) is 0 Å². The molecule has 4 rings (SSSR count). The fourth-order valence-corrected chi connectivity index (χ4v) is 5.32. The normalized spacial score (nSPS) is 15.4. The molecule has 42 heavy (non-hydrogen) atoms. The van der Waals surface area contributed by atoms with Crippen LogP contribution in [0, 0.1) is 5.92 Å². The molecule has 2 aromatic carbocycles. The minimum Gasteiger partial charge on any atom is -0.444 e. The monoisotopic (exact) mass is 575 g/mol. The first-order valence-electron chi connectivity index (χ1n) is 14.6. The van der Waals surface area contributed by atoms with Gasteiger partial charge in [0, 0.05) is 43.1 Å². The van der Waals surface area contributed by atoms with Gasteiger partial charge in [0.25, 0.3) is 0 Å². The summed E-state index contributed by atoms with van der Waals surface area (Å²) in [5.74, 6) is 0.513. The van der Waals surface area contributed by atoms with E-state index in [0.29, 0.717) is 23.4 Å². The molecule has 1 aromatic heterocycles. The largest absolute Gasteiger partial charge is 0.444 e. The van der Waals surface area contributed by atoms with Gasteiger partial charge in [-0.3, -0.25) is 9.59 Å². The van der Waals surface area contributed by atoms with Gasteiger partial charge < -0.3 is 24.5 Å². The Hall–Kier alpha value is -3.98. The number of anilines is 1. The summed E-state index contributed by atoms with van der Waals surface area (Å²) in [6.07, 6.45) is 7.22. The lowest BCUT2D eigenvalue weighted by molar-refractivity contribution is -0.116. The summed E-state index contributed by atoms with van der Waals surface area (Å²) in [5.41, 5.74) is -0.211. The van der Waals surface area contributed by atoms with Crippen LogP contribution in [0.5, 0.6) is 0 Å². The van der Waals surface area contributed by atoms with Crippen molar-refractivity contribution in [2.24, 2.45) is 5.92 Å². The van der Waals surface area contributed by atoms with Gasteiger partial charge in [-0.25, -0.2) is 9.78 Å². The Kier molecular flexibility index (Phi) is 10.2. The first kappa shape index (κ1) is 31.0. The van der Waals surface area contributed by atoms with E-state index in [1.54, 1.807) is 51.2 Å². The second-order valence-electron chi connectivity index (χ2n) is 11.9. The number of aliphatic hydroxyl groups is 1. The number of carbonyl (C=O) groups is 3. The molecule has 2 amide bonds. The van der Waals surface area contributed by atoms with Gasteiger partial charge >= 0.3 is 6.09 Å². The number of aromatic nitrogens is 1. The first-order valence-corrected chi connectivity index (χ1v) is 14.6. The Morgan fingerprint density at radius 1 is 1.05 bits per heavy atom. The number of amides is 2. The zero-order valence-corrected chi connectivity index (χ0v) is 24.7. The van der Waals surface area contributed by atoms with Crippen molar-refractivity contribution >= 4 is 24.0 Å². The molecule has 1 aliphatic rings. The Balaban J connectivity index is 1.45. The van der Waals surface area contributed by atoms with Gasteiger partial charge in [0.2, 0.25) is 11.8 Å². The highest BCUT2D eigenvalue weighted by molar-refractivity contribution is 5.91. The third-order valence-electron chi connectivity index (χ3n) is 7.51. The molecule has 3 aromatic rings. The minimum atomic E-state index is -1.34. The van der Waals surface area contributed by atoms with Crippen molar-refractivity contribution in [2.45, 2.75) is 76.9 Å². The van der Waals surface area contributed by atoms with E-state index in [4.69, 9.17) is 9.15 Å². The zero-order valence-electron chi connectivity index (χ0n) is 24.7. The number of ether oxygens (including phenoxy) is 1. The van der Waals surface area contributed by atoms with Gasteiger partial charge in [-0.1, -0.05) is 49.6 Å². The smallest absolute Gasteiger partial charge is 0.410 e. The fraction of sp³-hybridized carbons (Fsp3) is 0.455. The first-order chi connectivity index (χ1) is 20.1. The summed E-state index contributed by atoms with van der Waals surface area (Å²) in [7, 11) is 0. The Labute approximate surface area is 247 Å². The van der Waals surface area contributed by atoms with Crippen LogP contribution in [-0.4, -0.2) is 52.0 Å². The predicted octanol–water partition coefficient (Wildman–Crippen LogP) is 6.11. The molecule has 2 N–H and O–H groups in total. The molecule has 1 fully saturated rings. The van der Waals surface area contributed by atoms with Crippen molar-refractivity contribution in [3.05, 3.63) is 83.6 Å². The minimum absolute atomic E-state index is 0.00781. The zero-order chi connectivity index (χ0) is 30.2. The van der Waals surface area contributed by atoms with E-state index in [-0.39, 0.29) is 37.2 Å². The summed E-state index contributed by atoms with van der Waals surface area (Å²) in [6, 6.07) is 16.1. The highest BCUT2D eigenvalue weighted by Gasteiger charge is 2.44. The van der Waals surface area contributed by atoms with E-state index in [1.165, 1.54) is 4.90 Å². The number of nitrogens with zero attached hydrogens (tertiary/aromatic N) is 2. The molecule has 1 heterocycles. The number of oxazole rings is 1. The van der Waals surface area contributed by atoms with Gasteiger partial charge in [-0.2, -0.15) is 0 Å². The topological polar surface area (TPSA) is 122 Å². The van der Waals surface area contributed by atoms with Crippen molar-refractivity contribution in [1.82, 2.24) is 9.88 Å². The second-order valence-corrected chi connectivity index (χ2v) is 11.9. The maximum atomic E-state index is 13.0. The molecule has 1 saturated carbocycles. The molecule has 0 saturated heterocycles. The number of carbonyl (C=O) groups excluding carboxylic acids is 3. The van der Waals surface area contributed by atoms with Crippen LogP contribution in [-0.2, 0) is 21.6 Å². The summed E-state index contributed by atoms with van der Waals surface area (Å²) in [6.45, 7) is 5.73. The highest BCUT2D eigenvalue weighted by atomic mass is 16.6. The molecule has 224 valence electrons. The van der Waals surface area contributed by atoms with Crippen LogP contribution in [0.3, 0.4) is 0 Å². The van der Waals surface area contributed by atoms with Gasteiger partial charge in [0.05, 0.1) is 6.20 Å². The van der Waals surface area contributed by atoms with Crippen LogP contribution >= 0.6 is 0 Å². The van der Waals surface area contributed by atoms with Gasteiger partial charge in [0.1, 0.15) is 17.6 Å². The van der Waals surface area contributed by atoms with Crippen LogP contribution in [0.2, 0.25) is 0 Å². The molecule has 0 bridgehead atoms. The summed E-state index contributed by atoms with van der Waals surface area (Å²) in [4.78, 5) is 42.5. The van der Waals surface area contributed by atoms with E-state index in [9.17, 15) is 19.5 Å². The molecule has 0 aliphatic heterocycles. The van der Waals surface area contributed by atoms with Crippen LogP contribution in [0.4, 0.5) is 10.5 Å². The van der Waals surface area contributed by atoms with Gasteiger partial charge in [-0.05, 0) is 63.4 Å². The second kappa shape index (κ2) is 13.8. The van der Waals surface area contributed by atoms with Crippen molar-refractivity contribution in [3.8, 4) is 0 Å². The number of benzene rings is 2. The number of aldehydes is 1. The SMILES string of the molecule is CC(C)(C)OC(=O)N(CCC(=O)Nc1ccc(C=O)cc1)CCc1cnc(C(O)(c2ccccc2)C2CCCCC2)o1. The van der Waals surface area contributed by atoms with Crippen molar-refractivity contribution in [2.75, 3.05) is 18.4 Å². The van der Waals surface area contributed by atoms with Crippen molar-refractivity contribution in [3.63, 3.8) is 0 Å². The lowest BCUT2D eigenvalue weighted by atomic mass is 9.73. The molecule has 1 aliphatic carbocycles. The quantitative estimate of drug-likeness (QED) is 0.265. The third kappa shape index (κ3) is 8.06. The van der Waals surface area contributed by atoms with Crippen LogP contribution in [0.15, 0.2) is 65.2 Å². The number of hydrogen-bond acceptors (Lipinski definition) is 7. The molecular weight excluding hydrogens is 534 g/mol. The fourth-order valence-electron chi connectivity index (χ4n) is 5.32. The standard InChI is InChI=1S/C33H41N3O6/c1-32(2,3)42-31(39)36(21-19-29(38)35-27-16-14-24(23-37)15-17-27)20-18-28-22-34-30(41-28)33(40,25-10-6-4-7-11-25)26-12-8-5-9-13-26/h4,6-7,10-11,14-17,22-23,26,40H,5,8-9,12-13,18-21H2,1-3H3,(H,35,38). The average Bonchev–Trinajstić information content (AvgIpc) is 3.46. The van der Waals surface area contributed by atoms with E-state index >= 15 is 0 Å². The average molecular weight is 576 g/mol. The predicted molar refractivity (Wildman–Crippen MR) is 159 cm³/mol. The van der Waals surface area contributed by atoms with Crippen LogP contribution in [0.1, 0.15) is 86.9 Å². The number of nitrogens with one attached hydrogen (secondary N) is 1. The molecule has 0 spiro atoms.